The van der Waals surface area contributed by atoms with E-state index >= 15 is 0 Å². The Hall–Kier alpha value is -1.16. The summed E-state index contributed by atoms with van der Waals surface area (Å²) in [6.07, 6.45) is 3.82. The summed E-state index contributed by atoms with van der Waals surface area (Å²) >= 11 is 0. The van der Waals surface area contributed by atoms with Crippen molar-refractivity contribution in [3.63, 3.8) is 0 Å². The summed E-state index contributed by atoms with van der Waals surface area (Å²) in [5, 5.41) is 6.82. The first-order valence-electron chi connectivity index (χ1n) is 6.98. The van der Waals surface area contributed by atoms with Crippen molar-refractivity contribution >= 4 is 5.95 Å². The maximum absolute atomic E-state index is 4.54. The Morgan fingerprint density at radius 2 is 2.06 bits per heavy atom. The first-order chi connectivity index (χ1) is 8.65. The summed E-state index contributed by atoms with van der Waals surface area (Å²) in [5.74, 6) is 1.22. The normalized spacial score (nSPS) is 15.1. The molecular formula is C14H24N4. The third-order valence-electron chi connectivity index (χ3n) is 3.11. The number of hydrogen-bond donors (Lipinski definition) is 2. The molecule has 0 aliphatic heterocycles. The van der Waals surface area contributed by atoms with Crippen molar-refractivity contribution in [1.29, 1.82) is 0 Å². The van der Waals surface area contributed by atoms with Crippen molar-refractivity contribution in [2.45, 2.75) is 52.0 Å². The van der Waals surface area contributed by atoms with Crippen molar-refractivity contribution < 1.29 is 0 Å². The number of rotatable bonds is 7. The Morgan fingerprint density at radius 1 is 1.28 bits per heavy atom. The van der Waals surface area contributed by atoms with E-state index in [0.717, 1.165) is 42.9 Å². The lowest BCUT2D eigenvalue weighted by Crippen LogP contribution is -2.20. The summed E-state index contributed by atoms with van der Waals surface area (Å²) < 4.78 is 0. The fourth-order valence-corrected chi connectivity index (χ4v) is 1.85. The van der Waals surface area contributed by atoms with Crippen LogP contribution in [0.25, 0.3) is 0 Å². The second-order valence-electron chi connectivity index (χ2n) is 5.42. The molecule has 1 aliphatic rings. The van der Waals surface area contributed by atoms with Gasteiger partial charge in [0.1, 0.15) is 0 Å². The molecule has 100 valence electrons. The van der Waals surface area contributed by atoms with Gasteiger partial charge in [0, 0.05) is 24.0 Å². The van der Waals surface area contributed by atoms with E-state index in [-0.39, 0.29) is 0 Å². The van der Waals surface area contributed by atoms with Crippen LogP contribution in [0.3, 0.4) is 0 Å². The Labute approximate surface area is 110 Å². The molecule has 4 nitrogen and oxygen atoms in total. The number of aromatic nitrogens is 2. The minimum Gasteiger partial charge on any atom is -0.354 e. The molecule has 0 unspecified atom stereocenters. The molecule has 2 N–H and O–H groups in total. The zero-order valence-electron chi connectivity index (χ0n) is 11.7. The highest BCUT2D eigenvalue weighted by molar-refractivity contribution is 5.28. The Morgan fingerprint density at radius 3 is 2.72 bits per heavy atom. The van der Waals surface area contributed by atoms with Crippen LogP contribution in [0, 0.1) is 6.92 Å². The van der Waals surface area contributed by atoms with E-state index in [2.05, 4.69) is 40.5 Å². The number of nitrogens with zero attached hydrogens (tertiary/aromatic N) is 2. The highest BCUT2D eigenvalue weighted by atomic mass is 15.1. The molecule has 0 amide bonds. The number of aryl methyl sites for hydroxylation is 1. The van der Waals surface area contributed by atoms with Crippen LogP contribution < -0.4 is 10.6 Å². The molecule has 18 heavy (non-hydrogen) atoms. The summed E-state index contributed by atoms with van der Waals surface area (Å²) in [6.45, 7) is 8.35. The van der Waals surface area contributed by atoms with Crippen molar-refractivity contribution in [3.8, 4) is 0 Å². The van der Waals surface area contributed by atoms with Gasteiger partial charge in [0.25, 0.3) is 0 Å². The summed E-state index contributed by atoms with van der Waals surface area (Å²) in [6, 6.07) is 2.86. The molecule has 1 saturated carbocycles. The molecule has 0 atom stereocenters. The second kappa shape index (κ2) is 6.14. The lowest BCUT2D eigenvalue weighted by molar-refractivity contribution is 0.657. The summed E-state index contributed by atoms with van der Waals surface area (Å²) in [5.41, 5.74) is 2.15. The fraction of sp³-hybridized carbons (Fsp3) is 0.714. The van der Waals surface area contributed by atoms with Crippen LogP contribution in [0.1, 0.15) is 50.4 Å². The van der Waals surface area contributed by atoms with Crippen molar-refractivity contribution in [2.24, 2.45) is 0 Å². The molecular weight excluding hydrogens is 224 g/mol. The monoisotopic (exact) mass is 248 g/mol. The minimum absolute atomic E-state index is 0.448. The van der Waals surface area contributed by atoms with E-state index in [9.17, 15) is 0 Å². The third-order valence-corrected chi connectivity index (χ3v) is 3.11. The SMILES string of the molecule is Cc1cc(C(C)C)nc(NCCCNC2CC2)n1. The molecule has 1 aromatic heterocycles. The Balaban J connectivity index is 1.76. The zero-order valence-corrected chi connectivity index (χ0v) is 11.7. The lowest BCUT2D eigenvalue weighted by atomic mass is 10.1. The average molecular weight is 248 g/mol. The van der Waals surface area contributed by atoms with E-state index in [1.165, 1.54) is 12.8 Å². The van der Waals surface area contributed by atoms with Gasteiger partial charge in [-0.15, -0.1) is 0 Å². The molecule has 0 saturated heterocycles. The minimum atomic E-state index is 0.448. The van der Waals surface area contributed by atoms with Gasteiger partial charge in [0.05, 0.1) is 0 Å². The van der Waals surface area contributed by atoms with Gasteiger partial charge in [-0.25, -0.2) is 9.97 Å². The summed E-state index contributed by atoms with van der Waals surface area (Å²) in [4.78, 5) is 8.95. The van der Waals surface area contributed by atoms with Crippen LogP contribution >= 0.6 is 0 Å². The predicted molar refractivity (Wildman–Crippen MR) is 75.0 cm³/mol. The molecule has 0 spiro atoms. The first kappa shape index (κ1) is 13.3. The van der Waals surface area contributed by atoms with Gasteiger partial charge in [-0.3, -0.25) is 0 Å². The predicted octanol–water partition coefficient (Wildman–Crippen LogP) is 2.46. The van der Waals surface area contributed by atoms with E-state index in [4.69, 9.17) is 0 Å². The van der Waals surface area contributed by atoms with Gasteiger partial charge in [0.2, 0.25) is 5.95 Å². The standard InChI is InChI=1S/C14H24N4/c1-10(2)13-9-11(3)17-14(18-13)16-8-4-7-15-12-5-6-12/h9-10,12,15H,4-8H2,1-3H3,(H,16,17,18). The van der Waals surface area contributed by atoms with Gasteiger partial charge >= 0.3 is 0 Å². The first-order valence-corrected chi connectivity index (χ1v) is 6.98. The van der Waals surface area contributed by atoms with E-state index < -0.39 is 0 Å². The fourth-order valence-electron chi connectivity index (χ4n) is 1.85. The van der Waals surface area contributed by atoms with Crippen LogP contribution in [-0.2, 0) is 0 Å². The van der Waals surface area contributed by atoms with E-state index in [0.29, 0.717) is 5.92 Å². The number of anilines is 1. The topological polar surface area (TPSA) is 49.8 Å². The average Bonchev–Trinajstić information content (AvgIpc) is 3.12. The van der Waals surface area contributed by atoms with Crippen molar-refractivity contribution in [1.82, 2.24) is 15.3 Å². The molecule has 0 radical (unpaired) electrons. The highest BCUT2D eigenvalue weighted by Crippen LogP contribution is 2.18. The maximum Gasteiger partial charge on any atom is 0.223 e. The zero-order chi connectivity index (χ0) is 13.0. The number of nitrogens with one attached hydrogen (secondary N) is 2. The molecule has 4 heteroatoms. The second-order valence-corrected chi connectivity index (χ2v) is 5.42. The number of hydrogen-bond acceptors (Lipinski definition) is 4. The largest absolute Gasteiger partial charge is 0.354 e. The van der Waals surface area contributed by atoms with E-state index in [1.54, 1.807) is 0 Å². The summed E-state index contributed by atoms with van der Waals surface area (Å²) in [7, 11) is 0. The molecule has 2 rings (SSSR count). The van der Waals surface area contributed by atoms with Crippen LogP contribution in [0.2, 0.25) is 0 Å². The Kier molecular flexibility index (Phi) is 4.53. The quantitative estimate of drug-likeness (QED) is 0.728. The highest BCUT2D eigenvalue weighted by Gasteiger charge is 2.19. The molecule has 1 heterocycles. The van der Waals surface area contributed by atoms with Gasteiger partial charge in [-0.2, -0.15) is 0 Å². The smallest absolute Gasteiger partial charge is 0.223 e. The van der Waals surface area contributed by atoms with E-state index in [1.807, 2.05) is 6.92 Å². The van der Waals surface area contributed by atoms with Gasteiger partial charge in [0.15, 0.2) is 0 Å². The Bertz CT molecular complexity index is 385. The van der Waals surface area contributed by atoms with Gasteiger partial charge in [-0.05, 0) is 44.7 Å². The molecule has 0 bridgehead atoms. The van der Waals surface area contributed by atoms with Crippen LogP contribution in [0.4, 0.5) is 5.95 Å². The molecule has 0 aromatic carbocycles. The van der Waals surface area contributed by atoms with Crippen LogP contribution in [0.15, 0.2) is 6.07 Å². The molecule has 1 aliphatic carbocycles. The van der Waals surface area contributed by atoms with Crippen molar-refractivity contribution in [2.75, 3.05) is 18.4 Å². The van der Waals surface area contributed by atoms with Crippen LogP contribution in [-0.4, -0.2) is 29.1 Å². The lowest BCUT2D eigenvalue weighted by Gasteiger charge is -2.10. The molecule has 1 fully saturated rings. The van der Waals surface area contributed by atoms with Crippen LogP contribution in [0.5, 0.6) is 0 Å². The van der Waals surface area contributed by atoms with Gasteiger partial charge in [-0.1, -0.05) is 13.8 Å². The molecule has 1 aromatic rings. The van der Waals surface area contributed by atoms with Crippen molar-refractivity contribution in [3.05, 3.63) is 17.5 Å². The van der Waals surface area contributed by atoms with Gasteiger partial charge < -0.3 is 10.6 Å². The maximum atomic E-state index is 4.54. The third kappa shape index (κ3) is 4.26.